The Morgan fingerprint density at radius 1 is 0.652 bits per heavy atom. The molecule has 23 heavy (non-hydrogen) atoms. The van der Waals surface area contributed by atoms with E-state index in [9.17, 15) is 0 Å². The van der Waals surface area contributed by atoms with Crippen LogP contribution in [0.15, 0.2) is 91.1 Å². The fourth-order valence-corrected chi connectivity index (χ4v) is 5.10. The Morgan fingerprint density at radius 3 is 1.96 bits per heavy atom. The van der Waals surface area contributed by atoms with Crippen LogP contribution < -0.4 is 0 Å². The van der Waals surface area contributed by atoms with Crippen molar-refractivity contribution in [2.24, 2.45) is 0 Å². The summed E-state index contributed by atoms with van der Waals surface area (Å²) in [6, 6.07) is 29.8. The summed E-state index contributed by atoms with van der Waals surface area (Å²) in [4.78, 5) is 4.54. The zero-order chi connectivity index (χ0) is 15.5. The van der Waals surface area contributed by atoms with Gasteiger partial charge in [-0.3, -0.25) is 0 Å². The molecule has 2 heterocycles. The molecule has 2 aromatic heterocycles. The molecule has 0 aliphatic carbocycles. The molecular weight excluding hydrogens is 345 g/mol. The molecule has 0 unspecified atom stereocenters. The predicted octanol–water partition coefficient (Wildman–Crippen LogP) is 5.14. The van der Waals surface area contributed by atoms with Crippen molar-refractivity contribution in [1.82, 2.24) is 4.98 Å². The molecule has 0 amide bonds. The monoisotopic (exact) mass is 361 g/mol. The van der Waals surface area contributed by atoms with Gasteiger partial charge in [0.2, 0.25) is 0 Å². The molecule has 2 aromatic carbocycles. The summed E-state index contributed by atoms with van der Waals surface area (Å²) < 4.78 is 2.78. The maximum atomic E-state index is 4.54. The Balaban J connectivity index is 1.91. The van der Waals surface area contributed by atoms with E-state index in [1.807, 2.05) is 12.3 Å². The molecule has 0 radical (unpaired) electrons. The molecule has 110 valence electrons. The van der Waals surface area contributed by atoms with Gasteiger partial charge in [-0.2, -0.15) is 0 Å². The fourth-order valence-electron chi connectivity index (χ4n) is 2.66. The Bertz CT molecular complexity index is 840. The van der Waals surface area contributed by atoms with Crippen LogP contribution >= 0.6 is 0 Å². The molecular formula is C21H15NSe. The summed E-state index contributed by atoms with van der Waals surface area (Å²) in [5.74, 6) is 0. The maximum absolute atomic E-state index is 4.54. The molecule has 1 nitrogen and oxygen atoms in total. The van der Waals surface area contributed by atoms with Crippen LogP contribution in [-0.2, 0) is 0 Å². The van der Waals surface area contributed by atoms with E-state index in [1.54, 1.807) is 0 Å². The van der Waals surface area contributed by atoms with E-state index in [2.05, 4.69) is 83.8 Å². The summed E-state index contributed by atoms with van der Waals surface area (Å²) in [5, 5.41) is 0. The summed E-state index contributed by atoms with van der Waals surface area (Å²) in [6.07, 6.45) is 1.87. The second-order valence-corrected chi connectivity index (χ2v) is 7.51. The van der Waals surface area contributed by atoms with Crippen LogP contribution in [0.3, 0.4) is 0 Å². The van der Waals surface area contributed by atoms with Gasteiger partial charge >= 0.3 is 142 Å². The van der Waals surface area contributed by atoms with Gasteiger partial charge in [-0.25, -0.2) is 0 Å². The summed E-state index contributed by atoms with van der Waals surface area (Å²) >= 11 is 0.265. The van der Waals surface area contributed by atoms with Crippen molar-refractivity contribution >= 4 is 14.5 Å². The third kappa shape index (κ3) is 2.92. The van der Waals surface area contributed by atoms with Crippen molar-refractivity contribution in [3.8, 4) is 31.3 Å². The van der Waals surface area contributed by atoms with E-state index >= 15 is 0 Å². The second kappa shape index (κ2) is 6.37. The van der Waals surface area contributed by atoms with Crippen LogP contribution in [0.5, 0.6) is 0 Å². The van der Waals surface area contributed by atoms with Crippen molar-refractivity contribution in [2.45, 2.75) is 0 Å². The minimum atomic E-state index is 0.265. The Labute approximate surface area is 142 Å². The van der Waals surface area contributed by atoms with Gasteiger partial charge < -0.3 is 0 Å². The summed E-state index contributed by atoms with van der Waals surface area (Å²) in [5.41, 5.74) is 5.01. The molecule has 2 heteroatoms. The molecule has 0 aliphatic heterocycles. The van der Waals surface area contributed by atoms with Gasteiger partial charge in [0, 0.05) is 0 Å². The number of hydrogen-bond acceptors (Lipinski definition) is 1. The molecule has 0 aliphatic rings. The van der Waals surface area contributed by atoms with Crippen LogP contribution in [0.2, 0.25) is 0 Å². The molecule has 0 bridgehead atoms. The van der Waals surface area contributed by atoms with Crippen LogP contribution in [0, 0.1) is 0 Å². The number of pyridine rings is 1. The first kappa shape index (κ1) is 14.2. The second-order valence-electron chi connectivity index (χ2n) is 5.30. The summed E-state index contributed by atoms with van der Waals surface area (Å²) in [6.45, 7) is 0. The minimum absolute atomic E-state index is 0.265. The topological polar surface area (TPSA) is 12.9 Å². The quantitative estimate of drug-likeness (QED) is 0.461. The Morgan fingerprint density at radius 2 is 1.30 bits per heavy atom. The first-order valence-electron chi connectivity index (χ1n) is 7.58. The molecule has 0 fully saturated rings. The van der Waals surface area contributed by atoms with E-state index in [-0.39, 0.29) is 14.5 Å². The molecule has 0 saturated carbocycles. The van der Waals surface area contributed by atoms with E-state index in [4.69, 9.17) is 0 Å². The zero-order valence-corrected chi connectivity index (χ0v) is 14.2. The first-order valence-corrected chi connectivity index (χ1v) is 9.29. The van der Waals surface area contributed by atoms with Crippen molar-refractivity contribution in [3.05, 3.63) is 91.1 Å². The van der Waals surface area contributed by atoms with E-state index in [0.717, 1.165) is 5.69 Å². The van der Waals surface area contributed by atoms with E-state index < -0.39 is 0 Å². The fraction of sp³-hybridized carbons (Fsp3) is 0. The average Bonchev–Trinajstić information content (AvgIpc) is 3.09. The van der Waals surface area contributed by atoms with Gasteiger partial charge in [-0.05, 0) is 0 Å². The molecule has 0 N–H and O–H groups in total. The predicted molar refractivity (Wildman–Crippen MR) is 97.5 cm³/mol. The van der Waals surface area contributed by atoms with Crippen molar-refractivity contribution in [3.63, 3.8) is 0 Å². The van der Waals surface area contributed by atoms with Gasteiger partial charge in [0.25, 0.3) is 0 Å². The first-order chi connectivity index (χ1) is 11.4. The number of nitrogens with zero attached hydrogens (tertiary/aromatic N) is 1. The SMILES string of the molecule is c1ccc(-c2cc(-c3ccccn3)[se]c2-c2ccccc2)cc1. The standard InChI is InChI=1S/C21H15NSe/c1-3-9-16(10-4-1)18-15-20(19-13-7-8-14-22-19)23-21(18)17-11-5-2-6-12-17/h1-15H. The van der Waals surface area contributed by atoms with Crippen molar-refractivity contribution < 1.29 is 0 Å². The number of rotatable bonds is 3. The Kier molecular flexibility index (Phi) is 3.93. The molecule has 0 spiro atoms. The van der Waals surface area contributed by atoms with E-state index in [1.165, 1.54) is 25.6 Å². The zero-order valence-electron chi connectivity index (χ0n) is 12.5. The third-order valence-corrected chi connectivity index (χ3v) is 6.30. The van der Waals surface area contributed by atoms with Gasteiger partial charge in [0.1, 0.15) is 0 Å². The molecule has 0 saturated heterocycles. The molecule has 4 rings (SSSR count). The number of benzene rings is 2. The number of aromatic nitrogens is 1. The summed E-state index contributed by atoms with van der Waals surface area (Å²) in [7, 11) is 0. The molecule has 0 atom stereocenters. The van der Waals surface area contributed by atoms with Gasteiger partial charge in [0.15, 0.2) is 0 Å². The van der Waals surface area contributed by atoms with Crippen molar-refractivity contribution in [2.75, 3.05) is 0 Å². The van der Waals surface area contributed by atoms with Crippen LogP contribution in [0.4, 0.5) is 0 Å². The number of hydrogen-bond donors (Lipinski definition) is 0. The molecule has 4 aromatic rings. The van der Waals surface area contributed by atoms with Gasteiger partial charge in [-0.1, -0.05) is 0 Å². The van der Waals surface area contributed by atoms with Gasteiger partial charge in [-0.15, -0.1) is 0 Å². The van der Waals surface area contributed by atoms with Crippen molar-refractivity contribution in [1.29, 1.82) is 0 Å². The van der Waals surface area contributed by atoms with E-state index in [0.29, 0.717) is 0 Å². The normalized spacial score (nSPS) is 10.6. The van der Waals surface area contributed by atoms with Gasteiger partial charge in [0.05, 0.1) is 0 Å². The third-order valence-electron chi connectivity index (χ3n) is 3.77. The Hall–Kier alpha value is -2.41. The average molecular weight is 360 g/mol. The van der Waals surface area contributed by atoms with Crippen LogP contribution in [-0.4, -0.2) is 19.5 Å². The van der Waals surface area contributed by atoms with Crippen LogP contribution in [0.25, 0.3) is 31.3 Å². The van der Waals surface area contributed by atoms with Crippen LogP contribution in [0.1, 0.15) is 0 Å².